The van der Waals surface area contributed by atoms with E-state index in [-0.39, 0.29) is 0 Å². The second-order valence-corrected chi connectivity index (χ2v) is 6.76. The average molecular weight is 355 g/mol. The number of piperazine rings is 1. The molecule has 0 bridgehead atoms. The van der Waals surface area contributed by atoms with Crippen LogP contribution in [0, 0.1) is 13.8 Å². The highest BCUT2D eigenvalue weighted by Gasteiger charge is 2.22. The molecule has 0 unspecified atom stereocenters. The van der Waals surface area contributed by atoms with Gasteiger partial charge in [0.2, 0.25) is 5.95 Å². The van der Waals surface area contributed by atoms with Crippen LogP contribution in [0.2, 0.25) is 0 Å². The highest BCUT2D eigenvalue weighted by molar-refractivity contribution is 5.48. The Morgan fingerprint density at radius 3 is 2.15 bits per heavy atom. The zero-order valence-corrected chi connectivity index (χ0v) is 15.4. The van der Waals surface area contributed by atoms with Crippen molar-refractivity contribution in [2.45, 2.75) is 13.8 Å². The molecule has 0 saturated carbocycles. The Morgan fingerprint density at radius 1 is 0.731 bits per heavy atom. The maximum absolute atomic E-state index is 5.45. The van der Waals surface area contributed by atoms with E-state index in [0.717, 1.165) is 81.5 Å². The molecule has 2 aromatic heterocycles. The minimum absolute atomic E-state index is 0.759. The lowest BCUT2D eigenvalue weighted by atomic mass is 10.3. The predicted octanol–water partition coefficient (Wildman–Crippen LogP) is 1.05. The molecule has 0 aliphatic carbocycles. The van der Waals surface area contributed by atoms with E-state index in [0.29, 0.717) is 0 Å². The Morgan fingerprint density at radius 2 is 1.42 bits per heavy atom. The number of anilines is 3. The molecule has 138 valence electrons. The fourth-order valence-electron chi connectivity index (χ4n) is 3.37. The summed E-state index contributed by atoms with van der Waals surface area (Å²) in [6, 6.07) is 2.06. The fourth-order valence-corrected chi connectivity index (χ4v) is 3.37. The van der Waals surface area contributed by atoms with Crippen molar-refractivity contribution in [1.82, 2.24) is 19.9 Å². The summed E-state index contributed by atoms with van der Waals surface area (Å²) in [5.41, 5.74) is 1.95. The van der Waals surface area contributed by atoms with E-state index in [4.69, 9.17) is 9.72 Å². The number of ether oxygens (including phenoxy) is 1. The smallest absolute Gasteiger partial charge is 0.227 e. The van der Waals surface area contributed by atoms with E-state index in [1.165, 1.54) is 0 Å². The number of aromatic nitrogens is 4. The van der Waals surface area contributed by atoms with Gasteiger partial charge in [0.05, 0.1) is 25.1 Å². The molecule has 0 aromatic carbocycles. The topological polar surface area (TPSA) is 70.5 Å². The first kappa shape index (κ1) is 17.0. The highest BCUT2D eigenvalue weighted by Crippen LogP contribution is 2.21. The Labute approximate surface area is 153 Å². The Balaban J connectivity index is 1.46. The van der Waals surface area contributed by atoms with Crippen molar-refractivity contribution in [2.24, 2.45) is 0 Å². The molecule has 0 spiro atoms. The summed E-state index contributed by atoms with van der Waals surface area (Å²) in [4.78, 5) is 25.2. The third kappa shape index (κ3) is 3.70. The van der Waals surface area contributed by atoms with Crippen LogP contribution < -0.4 is 14.7 Å². The van der Waals surface area contributed by atoms with E-state index >= 15 is 0 Å². The van der Waals surface area contributed by atoms with Crippen LogP contribution in [0.3, 0.4) is 0 Å². The first-order valence-corrected chi connectivity index (χ1v) is 9.16. The molecule has 2 aliphatic rings. The van der Waals surface area contributed by atoms with Gasteiger partial charge >= 0.3 is 0 Å². The van der Waals surface area contributed by atoms with E-state index in [2.05, 4.69) is 35.7 Å². The molecule has 8 heteroatoms. The number of rotatable bonds is 3. The molecular weight excluding hydrogens is 330 g/mol. The van der Waals surface area contributed by atoms with Gasteiger partial charge in [0, 0.05) is 57.2 Å². The number of hydrogen-bond donors (Lipinski definition) is 0. The normalized spacial score (nSPS) is 18.3. The minimum atomic E-state index is 0.759. The summed E-state index contributed by atoms with van der Waals surface area (Å²) in [7, 11) is 0. The van der Waals surface area contributed by atoms with Gasteiger partial charge in [-0.05, 0) is 13.8 Å². The van der Waals surface area contributed by atoms with E-state index < -0.39 is 0 Å². The van der Waals surface area contributed by atoms with Crippen LogP contribution in [0.4, 0.5) is 17.6 Å². The molecule has 2 aliphatic heterocycles. The summed E-state index contributed by atoms with van der Waals surface area (Å²) >= 11 is 0. The maximum atomic E-state index is 5.45. The molecule has 4 rings (SSSR count). The molecule has 0 radical (unpaired) electrons. The monoisotopic (exact) mass is 355 g/mol. The van der Waals surface area contributed by atoms with Crippen molar-refractivity contribution in [1.29, 1.82) is 0 Å². The van der Waals surface area contributed by atoms with Gasteiger partial charge in [-0.3, -0.25) is 4.98 Å². The zero-order chi connectivity index (χ0) is 17.9. The maximum Gasteiger partial charge on any atom is 0.227 e. The quantitative estimate of drug-likeness (QED) is 0.809. The lowest BCUT2D eigenvalue weighted by Crippen LogP contribution is -2.47. The summed E-state index contributed by atoms with van der Waals surface area (Å²) < 4.78 is 5.45. The van der Waals surface area contributed by atoms with Crippen molar-refractivity contribution < 1.29 is 4.74 Å². The van der Waals surface area contributed by atoms with Gasteiger partial charge in [-0.1, -0.05) is 0 Å². The van der Waals surface area contributed by atoms with Crippen LogP contribution in [0.25, 0.3) is 0 Å². The van der Waals surface area contributed by atoms with Gasteiger partial charge in [-0.2, -0.15) is 4.98 Å². The predicted molar refractivity (Wildman–Crippen MR) is 101 cm³/mol. The highest BCUT2D eigenvalue weighted by atomic mass is 16.5. The Kier molecular flexibility index (Phi) is 4.83. The van der Waals surface area contributed by atoms with Crippen LogP contribution in [0.5, 0.6) is 0 Å². The second-order valence-electron chi connectivity index (χ2n) is 6.76. The Bertz CT molecular complexity index is 755. The van der Waals surface area contributed by atoms with Crippen molar-refractivity contribution in [3.05, 3.63) is 29.8 Å². The summed E-state index contributed by atoms with van der Waals surface area (Å²) in [5.74, 6) is 2.77. The minimum Gasteiger partial charge on any atom is -0.378 e. The molecule has 2 fully saturated rings. The molecule has 26 heavy (non-hydrogen) atoms. The van der Waals surface area contributed by atoms with E-state index in [1.54, 1.807) is 6.20 Å². The van der Waals surface area contributed by atoms with E-state index in [1.807, 2.05) is 20.0 Å². The van der Waals surface area contributed by atoms with Gasteiger partial charge in [-0.25, -0.2) is 9.97 Å². The number of aryl methyl sites for hydroxylation is 2. The van der Waals surface area contributed by atoms with Gasteiger partial charge in [-0.15, -0.1) is 0 Å². The van der Waals surface area contributed by atoms with Gasteiger partial charge < -0.3 is 19.4 Å². The largest absolute Gasteiger partial charge is 0.378 e. The van der Waals surface area contributed by atoms with Gasteiger partial charge in [0.25, 0.3) is 0 Å². The third-order valence-electron chi connectivity index (χ3n) is 4.79. The molecule has 0 atom stereocenters. The lowest BCUT2D eigenvalue weighted by Gasteiger charge is -2.36. The third-order valence-corrected chi connectivity index (χ3v) is 4.79. The average Bonchev–Trinajstić information content (AvgIpc) is 2.68. The molecule has 0 N–H and O–H groups in total. The van der Waals surface area contributed by atoms with Crippen molar-refractivity contribution >= 4 is 17.6 Å². The number of hydrogen-bond acceptors (Lipinski definition) is 8. The second kappa shape index (κ2) is 7.41. The first-order valence-electron chi connectivity index (χ1n) is 9.16. The van der Waals surface area contributed by atoms with Crippen LogP contribution in [0.15, 0.2) is 18.5 Å². The molecule has 2 saturated heterocycles. The van der Waals surface area contributed by atoms with Crippen LogP contribution >= 0.6 is 0 Å². The standard InChI is InChI=1S/C18H25N7O/c1-14-11-16(24-7-9-26-10-8-24)22-18(21-14)25-5-3-23(4-6-25)17-13-19-12-15(2)20-17/h11-13H,3-10H2,1-2H3. The number of nitrogens with zero attached hydrogens (tertiary/aromatic N) is 7. The zero-order valence-electron chi connectivity index (χ0n) is 15.4. The molecule has 2 aromatic rings. The van der Waals surface area contributed by atoms with Crippen molar-refractivity contribution in [3.63, 3.8) is 0 Å². The number of morpholine rings is 1. The van der Waals surface area contributed by atoms with Gasteiger partial charge in [0.15, 0.2) is 0 Å². The molecule has 4 heterocycles. The van der Waals surface area contributed by atoms with Crippen molar-refractivity contribution in [2.75, 3.05) is 67.2 Å². The van der Waals surface area contributed by atoms with Crippen LogP contribution in [-0.2, 0) is 4.74 Å². The summed E-state index contributed by atoms with van der Waals surface area (Å²) in [6.07, 6.45) is 3.62. The van der Waals surface area contributed by atoms with Gasteiger partial charge in [0.1, 0.15) is 11.6 Å². The van der Waals surface area contributed by atoms with E-state index in [9.17, 15) is 0 Å². The molecule has 8 nitrogen and oxygen atoms in total. The van der Waals surface area contributed by atoms with Crippen LogP contribution in [0.1, 0.15) is 11.4 Å². The fraction of sp³-hybridized carbons (Fsp3) is 0.556. The summed E-state index contributed by atoms with van der Waals surface area (Å²) in [6.45, 7) is 10.8. The SMILES string of the molecule is Cc1cncc(N2CCN(c3nc(C)cc(N4CCOCC4)n3)CC2)n1. The lowest BCUT2D eigenvalue weighted by molar-refractivity contribution is 0.122. The Hall–Kier alpha value is -2.48. The van der Waals surface area contributed by atoms with Crippen LogP contribution in [-0.4, -0.2) is 72.4 Å². The van der Waals surface area contributed by atoms with Crippen molar-refractivity contribution in [3.8, 4) is 0 Å². The molecular formula is C18H25N7O. The first-order chi connectivity index (χ1) is 12.7. The summed E-state index contributed by atoms with van der Waals surface area (Å²) in [5, 5.41) is 0. The molecule has 0 amide bonds.